The van der Waals surface area contributed by atoms with Gasteiger partial charge in [-0.15, -0.1) is 0 Å². The molecule has 0 amide bonds. The molecule has 204 valence electrons. The molecule has 37 heavy (non-hydrogen) atoms. The molecule has 0 heterocycles. The zero-order valence-electron chi connectivity index (χ0n) is 17.3. The van der Waals surface area contributed by atoms with E-state index in [-0.39, 0.29) is 24.3 Å². The Kier molecular flexibility index (Phi) is 9.21. The molecule has 0 saturated heterocycles. The Balaban J connectivity index is 2.94. The Morgan fingerprint density at radius 1 is 0.595 bits per heavy atom. The number of hydrogen-bond acceptors (Lipinski definition) is 2. The van der Waals surface area contributed by atoms with Crippen molar-refractivity contribution >= 4 is 46.4 Å². The van der Waals surface area contributed by atoms with Gasteiger partial charge in [0.2, 0.25) is 5.41 Å². The molecular weight excluding hydrogens is 623 g/mol. The van der Waals surface area contributed by atoms with Crippen LogP contribution in [-0.2, 0) is 5.41 Å². The van der Waals surface area contributed by atoms with E-state index in [1.165, 1.54) is 0 Å². The Morgan fingerprint density at radius 3 is 1.14 bits per heavy atom. The summed E-state index contributed by atoms with van der Waals surface area (Å²) in [4.78, 5) is 0. The fraction of sp³-hybridized carbons (Fsp3) is 0.200. The predicted octanol–water partition coefficient (Wildman–Crippen LogP) is 10.6. The monoisotopic (exact) mass is 628 g/mol. The van der Waals surface area contributed by atoms with Gasteiger partial charge in [0.05, 0.1) is 20.1 Å². The van der Waals surface area contributed by atoms with Crippen molar-refractivity contribution in [2.75, 3.05) is 0 Å². The Morgan fingerprint density at radius 2 is 0.892 bits per heavy atom. The third-order valence-electron chi connectivity index (χ3n) is 4.52. The highest BCUT2D eigenvalue weighted by Crippen LogP contribution is 2.59. The zero-order valence-corrected chi connectivity index (χ0v) is 20.3. The third-order valence-corrected chi connectivity index (χ3v) is 5.64. The molecule has 0 bridgehead atoms. The van der Waals surface area contributed by atoms with Crippen LogP contribution in [0.25, 0.3) is 0 Å². The molecule has 2 aromatic rings. The average molecular weight is 630 g/mol. The van der Waals surface area contributed by atoms with Crippen molar-refractivity contribution < 1.29 is 57.8 Å². The van der Waals surface area contributed by atoms with Crippen LogP contribution >= 0.6 is 46.4 Å². The summed E-state index contributed by atoms with van der Waals surface area (Å²) in [6, 6.07) is -4.39. The summed E-state index contributed by atoms with van der Waals surface area (Å²) in [7, 11) is 0. The highest BCUT2D eigenvalue weighted by Gasteiger charge is 2.73. The van der Waals surface area contributed by atoms with E-state index in [1.54, 1.807) is 0 Å². The van der Waals surface area contributed by atoms with Crippen LogP contribution in [0.4, 0.5) is 48.3 Å². The molecule has 0 saturated carbocycles. The first-order chi connectivity index (χ1) is 16.7. The topological polar surface area (TPSA) is 18.5 Å². The fourth-order valence-electron chi connectivity index (χ4n) is 3.02. The fourth-order valence-corrected chi connectivity index (χ4v) is 4.15. The number of halogens is 15. The lowest BCUT2D eigenvalue weighted by Gasteiger charge is -2.38. The molecule has 0 N–H and O–H groups in total. The number of hydrogen-bond donors (Lipinski definition) is 0. The van der Waals surface area contributed by atoms with Crippen LogP contribution in [0.15, 0.2) is 48.2 Å². The number of rotatable bonds is 6. The minimum Gasteiger partial charge on any atom is -0.427 e. The first-order valence-electron chi connectivity index (χ1n) is 8.96. The highest BCUT2D eigenvalue weighted by molar-refractivity contribution is 6.38. The molecule has 0 fully saturated rings. The quantitative estimate of drug-likeness (QED) is 0.234. The van der Waals surface area contributed by atoms with Crippen molar-refractivity contribution in [1.82, 2.24) is 0 Å². The van der Waals surface area contributed by atoms with E-state index in [4.69, 9.17) is 46.4 Å². The van der Waals surface area contributed by atoms with Crippen molar-refractivity contribution in [2.45, 2.75) is 24.7 Å². The summed E-state index contributed by atoms with van der Waals surface area (Å²) in [5.41, 5.74) is -8.47. The third kappa shape index (κ3) is 5.99. The minimum atomic E-state index is -6.26. The van der Waals surface area contributed by atoms with Gasteiger partial charge >= 0.3 is 30.5 Å². The van der Waals surface area contributed by atoms with Gasteiger partial charge in [0.15, 0.2) is 17.3 Å². The second-order valence-electron chi connectivity index (χ2n) is 6.83. The summed E-state index contributed by atoms with van der Waals surface area (Å²) in [5.74, 6) is -3.80. The smallest absolute Gasteiger partial charge is 0.411 e. The average Bonchev–Trinajstić information content (AvgIpc) is 2.71. The molecule has 0 aromatic heterocycles. The van der Waals surface area contributed by atoms with Gasteiger partial charge in [-0.3, -0.25) is 0 Å². The van der Waals surface area contributed by atoms with Gasteiger partial charge in [-0.05, 0) is 42.3 Å². The lowest BCUT2D eigenvalue weighted by Crippen LogP contribution is -2.54. The van der Waals surface area contributed by atoms with Gasteiger partial charge in [-0.1, -0.05) is 46.4 Å². The summed E-state index contributed by atoms with van der Waals surface area (Å²) >= 11 is 22.7. The maximum Gasteiger partial charge on any atom is 0.411 e. The molecule has 0 unspecified atom stereocenters. The largest absolute Gasteiger partial charge is 0.427 e. The van der Waals surface area contributed by atoms with Gasteiger partial charge in [-0.2, -0.15) is 43.9 Å². The van der Waals surface area contributed by atoms with Gasteiger partial charge in [-0.25, -0.2) is 4.39 Å². The lowest BCUT2D eigenvalue weighted by molar-refractivity contribution is -0.288. The SMILES string of the molecule is C/C(F)=C(/F)Oc1c(Cl)cc(C(c2cc(Cl)c(OC(F)=C(F)F)c(Cl)c2)(C(F)(F)F)C(F)(F)F)cc1Cl. The summed E-state index contributed by atoms with van der Waals surface area (Å²) in [6.45, 7) is 0.578. The van der Waals surface area contributed by atoms with Crippen LogP contribution < -0.4 is 9.47 Å². The van der Waals surface area contributed by atoms with Crippen LogP contribution in [0.1, 0.15) is 18.1 Å². The molecule has 0 radical (unpaired) electrons. The van der Waals surface area contributed by atoms with E-state index in [2.05, 4.69) is 9.47 Å². The van der Waals surface area contributed by atoms with E-state index < -0.39 is 84.4 Å². The summed E-state index contributed by atoms with van der Waals surface area (Å²) < 4.78 is 159. The van der Waals surface area contributed by atoms with E-state index in [1.807, 2.05) is 0 Å². The van der Waals surface area contributed by atoms with Crippen LogP contribution in [0.3, 0.4) is 0 Å². The summed E-state index contributed by atoms with van der Waals surface area (Å²) in [6.07, 6.45) is -15.5. The number of alkyl halides is 6. The van der Waals surface area contributed by atoms with Crippen molar-refractivity contribution in [1.29, 1.82) is 0 Å². The Hall–Kier alpha value is -2.09. The second kappa shape index (κ2) is 11.0. The van der Waals surface area contributed by atoms with E-state index >= 15 is 0 Å². The van der Waals surface area contributed by atoms with Crippen LogP contribution in [0.5, 0.6) is 11.5 Å². The molecular formula is C20H7Cl4F11O2. The number of allylic oxidation sites excluding steroid dienone is 1. The molecule has 0 aliphatic rings. The standard InChI is InChI=1S/C20H7Cl4F11O2/c1-6(25)16(28)36-13-9(21)2-7(3-10(13)22)18(19(30,31)32,20(33,34)35)8-4-11(23)14(12(24)5-8)37-17(29)15(26)27/h2-5H,1H3/b16-6+. The molecule has 0 aliphatic carbocycles. The molecule has 2 nitrogen and oxygen atoms in total. The van der Waals surface area contributed by atoms with Crippen LogP contribution in [0, 0.1) is 0 Å². The van der Waals surface area contributed by atoms with Crippen molar-refractivity contribution in [2.24, 2.45) is 0 Å². The van der Waals surface area contributed by atoms with Gasteiger partial charge in [0, 0.05) is 0 Å². The van der Waals surface area contributed by atoms with E-state index in [0.29, 0.717) is 6.92 Å². The normalized spacial score (nSPS) is 13.3. The highest BCUT2D eigenvalue weighted by atomic mass is 35.5. The molecule has 17 heteroatoms. The van der Waals surface area contributed by atoms with Crippen molar-refractivity contribution in [3.63, 3.8) is 0 Å². The van der Waals surface area contributed by atoms with Crippen molar-refractivity contribution in [3.8, 4) is 11.5 Å². The van der Waals surface area contributed by atoms with Gasteiger partial charge < -0.3 is 9.47 Å². The second-order valence-corrected chi connectivity index (χ2v) is 8.46. The molecule has 2 aromatic carbocycles. The lowest BCUT2D eigenvalue weighted by atomic mass is 9.73. The zero-order chi connectivity index (χ0) is 28.7. The van der Waals surface area contributed by atoms with Gasteiger partial charge in [0.1, 0.15) is 0 Å². The van der Waals surface area contributed by atoms with Crippen LogP contribution in [0.2, 0.25) is 20.1 Å². The Bertz CT molecular complexity index is 1120. The van der Waals surface area contributed by atoms with E-state index in [0.717, 1.165) is 0 Å². The maximum absolute atomic E-state index is 14.4. The van der Waals surface area contributed by atoms with Gasteiger partial charge in [0.25, 0.3) is 0 Å². The molecule has 0 aliphatic heterocycles. The van der Waals surface area contributed by atoms with E-state index in [9.17, 15) is 48.3 Å². The first-order valence-corrected chi connectivity index (χ1v) is 10.5. The molecule has 0 spiro atoms. The minimum absolute atomic E-state index is 0.00570. The number of benzene rings is 2. The maximum atomic E-state index is 14.4. The van der Waals surface area contributed by atoms with Crippen molar-refractivity contribution in [3.05, 3.63) is 79.4 Å². The van der Waals surface area contributed by atoms with Crippen LogP contribution in [-0.4, -0.2) is 12.4 Å². The summed E-state index contributed by atoms with van der Waals surface area (Å²) in [5, 5.41) is -4.64. The molecule has 0 atom stereocenters. The number of ether oxygens (including phenoxy) is 2. The first kappa shape index (κ1) is 31.1. The Labute approximate surface area is 219 Å². The molecule has 2 rings (SSSR count). The predicted molar refractivity (Wildman–Crippen MR) is 112 cm³/mol.